The van der Waals surface area contributed by atoms with Crippen molar-refractivity contribution in [3.05, 3.63) is 111 Å². The summed E-state index contributed by atoms with van der Waals surface area (Å²) in [6.07, 6.45) is 2.36. The first-order chi connectivity index (χ1) is 20.7. The zero-order valence-electron chi connectivity index (χ0n) is 23.1. The van der Waals surface area contributed by atoms with Gasteiger partial charge in [0.25, 0.3) is 5.91 Å². The molecule has 0 radical (unpaired) electrons. The van der Waals surface area contributed by atoms with Crippen molar-refractivity contribution in [3.8, 4) is 17.2 Å². The highest BCUT2D eigenvalue weighted by molar-refractivity contribution is 7.90. The van der Waals surface area contributed by atoms with Crippen LogP contribution in [-0.4, -0.2) is 36.8 Å². The first kappa shape index (κ1) is 32.8. The number of aromatic hydroxyl groups is 2. The zero-order chi connectivity index (χ0) is 32.2. The largest absolute Gasteiger partial charge is 0.508 e. The van der Waals surface area contributed by atoms with Gasteiger partial charge in [-0.25, -0.2) is 8.42 Å². The number of hydrogen-bond acceptors (Lipinski definition) is 8. The van der Waals surface area contributed by atoms with Crippen LogP contribution in [0, 0.1) is 0 Å². The Morgan fingerprint density at radius 3 is 2.07 bits per heavy atom. The molecule has 0 atom stereocenters. The molecule has 9 nitrogen and oxygen atoms in total. The van der Waals surface area contributed by atoms with E-state index in [-0.39, 0.29) is 66.8 Å². The number of phenolic OH excluding ortho intramolecular Hbond substituents is 2. The summed E-state index contributed by atoms with van der Waals surface area (Å²) in [6.45, 7) is 0. The molecular weight excluding hydrogens is 648 g/mol. The third-order valence-electron chi connectivity index (χ3n) is 6.50. The SMILES string of the molecule is CS(=O)(=O)c1cccc(CCC(=O)Oc2c(/C=C/P(=O)(c3cccc(O)c3)c3cccc(O)c3)cc(Cl)c(C(N)=O)c2Cl)c1. The van der Waals surface area contributed by atoms with Gasteiger partial charge in [0.05, 0.1) is 20.5 Å². The maximum atomic E-state index is 14.5. The number of amides is 1. The van der Waals surface area contributed by atoms with Gasteiger partial charge in [0, 0.05) is 28.8 Å². The normalized spacial score (nSPS) is 11.9. The minimum atomic E-state index is -3.70. The van der Waals surface area contributed by atoms with Crippen LogP contribution in [0.5, 0.6) is 17.2 Å². The summed E-state index contributed by atoms with van der Waals surface area (Å²) in [6, 6.07) is 19.0. The fourth-order valence-corrected chi connectivity index (χ4v) is 7.98. The Labute approximate surface area is 263 Å². The van der Waals surface area contributed by atoms with Crippen LogP contribution >= 0.6 is 30.3 Å². The highest BCUT2D eigenvalue weighted by atomic mass is 35.5. The number of carbonyl (C=O) groups is 2. The lowest BCUT2D eigenvalue weighted by Crippen LogP contribution is -2.16. The number of ether oxygens (including phenoxy) is 1. The molecule has 0 aliphatic carbocycles. The first-order valence-electron chi connectivity index (χ1n) is 12.9. The van der Waals surface area contributed by atoms with Crippen molar-refractivity contribution < 1.29 is 37.5 Å². The van der Waals surface area contributed by atoms with E-state index in [0.717, 1.165) is 6.26 Å². The molecule has 0 fully saturated rings. The van der Waals surface area contributed by atoms with Gasteiger partial charge in [0.1, 0.15) is 11.5 Å². The number of benzene rings is 4. The number of aryl methyl sites for hydroxylation is 1. The average Bonchev–Trinajstić information content (AvgIpc) is 2.96. The summed E-state index contributed by atoms with van der Waals surface area (Å²) < 4.78 is 43.9. The number of halogens is 2. The monoisotopic (exact) mass is 673 g/mol. The molecule has 228 valence electrons. The highest BCUT2D eigenvalue weighted by Crippen LogP contribution is 2.48. The van der Waals surface area contributed by atoms with E-state index in [2.05, 4.69) is 0 Å². The second kappa shape index (κ2) is 13.3. The molecule has 0 aliphatic heterocycles. The first-order valence-corrected chi connectivity index (χ1v) is 17.3. The second-order valence-corrected chi connectivity index (χ2v) is 15.2. The molecule has 0 bridgehead atoms. The van der Waals surface area contributed by atoms with Gasteiger partial charge >= 0.3 is 5.97 Å². The topological polar surface area (TPSA) is 161 Å². The van der Waals surface area contributed by atoms with Crippen molar-refractivity contribution in [1.29, 1.82) is 0 Å². The van der Waals surface area contributed by atoms with Crippen LogP contribution in [0.1, 0.15) is 27.9 Å². The van der Waals surface area contributed by atoms with Crippen molar-refractivity contribution in [3.63, 3.8) is 0 Å². The number of hydrogen-bond donors (Lipinski definition) is 3. The minimum Gasteiger partial charge on any atom is -0.508 e. The molecule has 4 aromatic rings. The Hall–Kier alpha value is -4.08. The van der Waals surface area contributed by atoms with Crippen LogP contribution < -0.4 is 21.1 Å². The van der Waals surface area contributed by atoms with E-state index in [0.29, 0.717) is 5.56 Å². The smallest absolute Gasteiger partial charge is 0.311 e. The number of primary amides is 1. The van der Waals surface area contributed by atoms with Crippen LogP contribution in [0.2, 0.25) is 10.0 Å². The highest BCUT2D eigenvalue weighted by Gasteiger charge is 2.27. The summed E-state index contributed by atoms with van der Waals surface area (Å²) in [5.74, 6) is -0.968. The third kappa shape index (κ3) is 7.52. The number of sulfone groups is 1. The van der Waals surface area contributed by atoms with E-state index in [9.17, 15) is 32.8 Å². The van der Waals surface area contributed by atoms with Gasteiger partial charge < -0.3 is 25.2 Å². The van der Waals surface area contributed by atoms with Gasteiger partial charge in [-0.3, -0.25) is 9.59 Å². The van der Waals surface area contributed by atoms with E-state index in [4.69, 9.17) is 33.7 Å². The maximum absolute atomic E-state index is 14.5. The van der Waals surface area contributed by atoms with Gasteiger partial charge in [0.2, 0.25) is 0 Å². The number of esters is 1. The van der Waals surface area contributed by atoms with E-state index >= 15 is 0 Å². The van der Waals surface area contributed by atoms with Crippen molar-refractivity contribution in [2.75, 3.05) is 6.26 Å². The van der Waals surface area contributed by atoms with E-state index in [1.54, 1.807) is 24.3 Å². The van der Waals surface area contributed by atoms with Gasteiger partial charge in [-0.2, -0.15) is 0 Å². The molecule has 0 aliphatic rings. The van der Waals surface area contributed by atoms with E-state index in [1.165, 1.54) is 66.5 Å². The molecule has 0 saturated carbocycles. The standard InChI is InChI=1S/C31H26Cl2NO8PS/c1-44(40,41)25-10-2-5-19(15-25)11-12-27(37)42-30-20(16-26(32)28(29(30)33)31(34)38)13-14-43(39,23-8-3-6-21(35)17-23)24-9-4-7-22(36)18-24/h2-10,13-18,35-36H,11-12H2,1H3,(H2,34,38)/b14-13+. The molecule has 0 aromatic heterocycles. The molecule has 4 aromatic carbocycles. The predicted molar refractivity (Wildman–Crippen MR) is 171 cm³/mol. The van der Waals surface area contributed by atoms with Crippen molar-refractivity contribution in [2.45, 2.75) is 17.7 Å². The van der Waals surface area contributed by atoms with Crippen LogP contribution in [0.4, 0.5) is 0 Å². The number of rotatable bonds is 10. The fourth-order valence-electron chi connectivity index (χ4n) is 4.32. The molecule has 13 heteroatoms. The Morgan fingerprint density at radius 1 is 0.932 bits per heavy atom. The Bertz CT molecular complexity index is 1910. The average molecular weight is 674 g/mol. The number of carbonyl (C=O) groups excluding carboxylic acids is 2. The molecule has 0 saturated heterocycles. The Balaban J connectivity index is 1.74. The van der Waals surface area contributed by atoms with Gasteiger partial charge in [-0.05, 0) is 66.3 Å². The molecule has 1 amide bonds. The van der Waals surface area contributed by atoms with Crippen molar-refractivity contribution in [2.24, 2.45) is 5.73 Å². The maximum Gasteiger partial charge on any atom is 0.311 e. The van der Waals surface area contributed by atoms with Gasteiger partial charge in [-0.15, -0.1) is 0 Å². The quantitative estimate of drug-likeness (QED) is 0.114. The predicted octanol–water partition coefficient (Wildman–Crippen LogP) is 5.43. The van der Waals surface area contributed by atoms with Crippen molar-refractivity contribution >= 4 is 68.7 Å². The number of nitrogens with two attached hydrogens (primary N) is 1. The lowest BCUT2D eigenvalue weighted by Gasteiger charge is -2.17. The zero-order valence-corrected chi connectivity index (χ0v) is 26.3. The summed E-state index contributed by atoms with van der Waals surface area (Å²) in [7, 11) is -7.15. The van der Waals surface area contributed by atoms with E-state index < -0.39 is 28.9 Å². The second-order valence-electron chi connectivity index (χ2n) is 9.74. The van der Waals surface area contributed by atoms with Crippen molar-refractivity contribution in [1.82, 2.24) is 0 Å². The van der Waals surface area contributed by atoms with Crippen LogP contribution in [-0.2, 0) is 25.6 Å². The Morgan fingerprint density at radius 2 is 1.52 bits per heavy atom. The summed E-state index contributed by atoms with van der Waals surface area (Å²) in [5.41, 5.74) is 5.83. The lowest BCUT2D eigenvalue weighted by atomic mass is 10.1. The number of phenols is 2. The van der Waals surface area contributed by atoms with Crippen LogP contribution in [0.15, 0.2) is 89.6 Å². The molecule has 0 unspecified atom stereocenters. The minimum absolute atomic E-state index is 0.0814. The van der Waals surface area contributed by atoms with E-state index in [1.807, 2.05) is 0 Å². The van der Waals surface area contributed by atoms with Crippen LogP contribution in [0.3, 0.4) is 0 Å². The molecule has 4 N–H and O–H groups in total. The van der Waals surface area contributed by atoms with Gasteiger partial charge in [-0.1, -0.05) is 59.6 Å². The van der Waals surface area contributed by atoms with Gasteiger partial charge in [0.15, 0.2) is 22.7 Å². The summed E-state index contributed by atoms with van der Waals surface area (Å²) in [4.78, 5) is 25.2. The molecular formula is C31H26Cl2NO8PS. The third-order valence-corrected chi connectivity index (χ3v) is 10.9. The lowest BCUT2D eigenvalue weighted by molar-refractivity contribution is -0.134. The molecule has 0 heterocycles. The Kier molecular flexibility index (Phi) is 9.91. The van der Waals surface area contributed by atoms with Crippen LogP contribution in [0.25, 0.3) is 6.08 Å². The fraction of sp³-hybridized carbons (Fsp3) is 0.0968. The summed E-state index contributed by atoms with van der Waals surface area (Å²) in [5, 5.41) is 20.2. The molecule has 0 spiro atoms. The molecule has 4 rings (SSSR count). The summed E-state index contributed by atoms with van der Waals surface area (Å²) >= 11 is 12.8. The molecule has 44 heavy (non-hydrogen) atoms.